The molecule has 0 unspecified atom stereocenters. The summed E-state index contributed by atoms with van der Waals surface area (Å²) in [6, 6.07) is 10.7. The molecule has 0 aliphatic rings. The number of rotatable bonds is 3. The Bertz CT molecular complexity index is 615. The summed E-state index contributed by atoms with van der Waals surface area (Å²) >= 11 is 3.38. The van der Waals surface area contributed by atoms with E-state index in [0.29, 0.717) is 22.8 Å². The van der Waals surface area contributed by atoms with Gasteiger partial charge in [0.1, 0.15) is 5.82 Å². The number of halogens is 1. The minimum Gasteiger partial charge on any atom is -0.321 e. The van der Waals surface area contributed by atoms with Crippen LogP contribution in [-0.2, 0) is 0 Å². The molecule has 1 amide bonds. The number of carbonyl (C=O) groups excluding carboxylic acids is 1. The Morgan fingerprint density at radius 2 is 2.05 bits per heavy atom. The molecule has 0 aliphatic heterocycles. The lowest BCUT2D eigenvalue weighted by Crippen LogP contribution is -2.15. The summed E-state index contributed by atoms with van der Waals surface area (Å²) in [6.45, 7) is 1.80. The number of aromatic nitrogens is 1. The number of nitrogens with one attached hydrogen (secondary N) is 2. The van der Waals surface area contributed by atoms with E-state index in [4.69, 9.17) is 5.84 Å². The lowest BCUT2D eigenvalue weighted by atomic mass is 10.2. The second-order valence-electron chi connectivity index (χ2n) is 3.96. The van der Waals surface area contributed by atoms with E-state index in [9.17, 15) is 4.79 Å². The average Bonchev–Trinajstić information content (AvgIpc) is 2.40. The number of amides is 1. The first-order valence-corrected chi connectivity index (χ1v) is 6.40. The summed E-state index contributed by atoms with van der Waals surface area (Å²) in [6.07, 6.45) is 0. The highest BCUT2D eigenvalue weighted by molar-refractivity contribution is 9.10. The standard InChI is InChI=1S/C13H13BrN4O/c1-8-6-9(7-12(16-8)18-15)13(19)17-11-5-3-2-4-10(11)14/h2-7H,15H2,1H3,(H,16,18)(H,17,19). The minimum absolute atomic E-state index is 0.214. The van der Waals surface area contributed by atoms with Crippen LogP contribution in [0.25, 0.3) is 0 Å². The topological polar surface area (TPSA) is 80.0 Å². The molecule has 6 heteroatoms. The zero-order chi connectivity index (χ0) is 13.8. The summed E-state index contributed by atoms with van der Waals surface area (Å²) in [4.78, 5) is 16.3. The molecule has 0 saturated heterocycles. The molecule has 0 spiro atoms. The van der Waals surface area contributed by atoms with Crippen LogP contribution in [0.4, 0.5) is 11.5 Å². The van der Waals surface area contributed by atoms with Crippen LogP contribution in [0.1, 0.15) is 16.1 Å². The first kappa shape index (κ1) is 13.5. The van der Waals surface area contributed by atoms with Crippen LogP contribution < -0.4 is 16.6 Å². The van der Waals surface area contributed by atoms with Crippen molar-refractivity contribution in [2.45, 2.75) is 6.92 Å². The van der Waals surface area contributed by atoms with Crippen molar-refractivity contribution >= 4 is 33.3 Å². The Hall–Kier alpha value is -1.92. The molecule has 0 fully saturated rings. The van der Waals surface area contributed by atoms with Crippen LogP contribution >= 0.6 is 15.9 Å². The van der Waals surface area contributed by atoms with Gasteiger partial charge in [0.05, 0.1) is 5.69 Å². The molecular weight excluding hydrogens is 308 g/mol. The molecule has 0 aliphatic carbocycles. The molecule has 1 aromatic carbocycles. The molecule has 2 aromatic rings. The fourth-order valence-electron chi connectivity index (χ4n) is 1.63. The fraction of sp³-hybridized carbons (Fsp3) is 0.0769. The second kappa shape index (κ2) is 5.81. The van der Waals surface area contributed by atoms with Gasteiger partial charge in [-0.25, -0.2) is 10.8 Å². The third kappa shape index (κ3) is 3.30. The van der Waals surface area contributed by atoms with E-state index in [1.54, 1.807) is 19.1 Å². The number of para-hydroxylation sites is 1. The van der Waals surface area contributed by atoms with E-state index in [2.05, 4.69) is 31.7 Å². The van der Waals surface area contributed by atoms with Gasteiger partial charge in [0.2, 0.25) is 0 Å². The lowest BCUT2D eigenvalue weighted by molar-refractivity contribution is 0.102. The van der Waals surface area contributed by atoms with Crippen LogP contribution in [0.3, 0.4) is 0 Å². The van der Waals surface area contributed by atoms with Gasteiger partial charge in [0.15, 0.2) is 0 Å². The molecule has 4 N–H and O–H groups in total. The zero-order valence-corrected chi connectivity index (χ0v) is 11.9. The number of hydrogen-bond acceptors (Lipinski definition) is 4. The highest BCUT2D eigenvalue weighted by atomic mass is 79.9. The lowest BCUT2D eigenvalue weighted by Gasteiger charge is -2.09. The van der Waals surface area contributed by atoms with Crippen LogP contribution in [0, 0.1) is 6.92 Å². The number of pyridine rings is 1. The Balaban J connectivity index is 2.25. The quantitative estimate of drug-likeness (QED) is 0.600. The number of benzene rings is 1. The summed E-state index contributed by atoms with van der Waals surface area (Å²) in [5, 5.41) is 2.82. The Morgan fingerprint density at radius 1 is 1.32 bits per heavy atom. The van der Waals surface area contributed by atoms with E-state index >= 15 is 0 Å². The van der Waals surface area contributed by atoms with E-state index in [1.807, 2.05) is 24.3 Å². The molecule has 1 heterocycles. The first-order chi connectivity index (χ1) is 9.10. The molecule has 5 nitrogen and oxygen atoms in total. The van der Waals surface area contributed by atoms with E-state index in [1.165, 1.54) is 0 Å². The summed E-state index contributed by atoms with van der Waals surface area (Å²) in [7, 11) is 0. The van der Waals surface area contributed by atoms with Gasteiger partial charge in [-0.1, -0.05) is 12.1 Å². The Morgan fingerprint density at radius 3 is 2.74 bits per heavy atom. The molecule has 0 saturated carbocycles. The smallest absolute Gasteiger partial charge is 0.255 e. The predicted molar refractivity (Wildman–Crippen MR) is 78.9 cm³/mol. The number of nitrogen functional groups attached to an aromatic ring is 1. The number of anilines is 2. The Labute approximate surface area is 119 Å². The maximum absolute atomic E-state index is 12.2. The third-order valence-electron chi connectivity index (χ3n) is 2.49. The van der Waals surface area contributed by atoms with Crippen molar-refractivity contribution in [3.8, 4) is 0 Å². The largest absolute Gasteiger partial charge is 0.321 e. The van der Waals surface area contributed by atoms with Gasteiger partial charge in [-0.2, -0.15) is 0 Å². The molecule has 2 rings (SSSR count). The summed E-state index contributed by atoms with van der Waals surface area (Å²) in [5.74, 6) is 5.55. The molecule has 0 atom stereocenters. The van der Waals surface area contributed by atoms with Crippen LogP contribution in [0.5, 0.6) is 0 Å². The van der Waals surface area contributed by atoms with Crippen molar-refractivity contribution in [3.63, 3.8) is 0 Å². The molecule has 0 bridgehead atoms. The second-order valence-corrected chi connectivity index (χ2v) is 4.82. The predicted octanol–water partition coefficient (Wildman–Crippen LogP) is 2.69. The van der Waals surface area contributed by atoms with Gasteiger partial charge < -0.3 is 10.7 Å². The van der Waals surface area contributed by atoms with Crippen molar-refractivity contribution < 1.29 is 4.79 Å². The van der Waals surface area contributed by atoms with E-state index in [0.717, 1.165) is 4.47 Å². The summed E-state index contributed by atoms with van der Waals surface area (Å²) < 4.78 is 0.825. The maximum atomic E-state index is 12.2. The number of hydrogen-bond donors (Lipinski definition) is 3. The van der Waals surface area contributed by atoms with Crippen LogP contribution in [-0.4, -0.2) is 10.9 Å². The monoisotopic (exact) mass is 320 g/mol. The molecule has 0 radical (unpaired) electrons. The van der Waals surface area contributed by atoms with E-state index < -0.39 is 0 Å². The number of hydrazine groups is 1. The highest BCUT2D eigenvalue weighted by Crippen LogP contribution is 2.22. The number of nitrogens with two attached hydrogens (primary N) is 1. The number of nitrogens with zero attached hydrogens (tertiary/aromatic N) is 1. The van der Waals surface area contributed by atoms with Crippen molar-refractivity contribution in [2.75, 3.05) is 10.7 Å². The average molecular weight is 321 g/mol. The van der Waals surface area contributed by atoms with Gasteiger partial charge in [-0.15, -0.1) is 0 Å². The number of aryl methyl sites for hydroxylation is 1. The molecule has 98 valence electrons. The third-order valence-corrected chi connectivity index (χ3v) is 3.18. The van der Waals surface area contributed by atoms with Crippen molar-refractivity contribution in [1.29, 1.82) is 0 Å². The van der Waals surface area contributed by atoms with Gasteiger partial charge in [-0.05, 0) is 47.1 Å². The summed E-state index contributed by atoms with van der Waals surface area (Å²) in [5.41, 5.74) is 4.36. The normalized spacial score (nSPS) is 10.1. The van der Waals surface area contributed by atoms with Crippen LogP contribution in [0.2, 0.25) is 0 Å². The number of carbonyl (C=O) groups is 1. The van der Waals surface area contributed by atoms with Crippen LogP contribution in [0.15, 0.2) is 40.9 Å². The van der Waals surface area contributed by atoms with Gasteiger partial charge >= 0.3 is 0 Å². The highest BCUT2D eigenvalue weighted by Gasteiger charge is 2.10. The van der Waals surface area contributed by atoms with E-state index in [-0.39, 0.29) is 5.91 Å². The van der Waals surface area contributed by atoms with Crippen molar-refractivity contribution in [1.82, 2.24) is 4.98 Å². The van der Waals surface area contributed by atoms with Gasteiger partial charge in [0, 0.05) is 15.7 Å². The maximum Gasteiger partial charge on any atom is 0.255 e. The fourth-order valence-corrected chi connectivity index (χ4v) is 2.01. The molecule has 19 heavy (non-hydrogen) atoms. The molecule has 1 aromatic heterocycles. The SMILES string of the molecule is Cc1cc(C(=O)Nc2ccccc2Br)cc(NN)n1. The van der Waals surface area contributed by atoms with Crippen molar-refractivity contribution in [3.05, 3.63) is 52.1 Å². The first-order valence-electron chi connectivity index (χ1n) is 5.61. The van der Waals surface area contributed by atoms with Gasteiger partial charge in [0.25, 0.3) is 5.91 Å². The van der Waals surface area contributed by atoms with Crippen molar-refractivity contribution in [2.24, 2.45) is 5.84 Å². The Kier molecular flexibility index (Phi) is 4.13. The molecular formula is C13H13BrN4O. The zero-order valence-electron chi connectivity index (χ0n) is 10.3. The van der Waals surface area contributed by atoms with Gasteiger partial charge in [-0.3, -0.25) is 4.79 Å². The minimum atomic E-state index is -0.214.